The molecule has 1 aromatic carbocycles. The van der Waals surface area contributed by atoms with E-state index in [1.807, 2.05) is 30.3 Å². The molecule has 2 N–H and O–H groups in total. The second-order valence-corrected chi connectivity index (χ2v) is 8.15. The Morgan fingerprint density at radius 2 is 1.86 bits per heavy atom. The number of aromatic nitrogens is 1. The van der Waals surface area contributed by atoms with Crippen LogP contribution in [0.2, 0.25) is 5.02 Å². The molecule has 0 radical (unpaired) electrons. The van der Waals surface area contributed by atoms with Crippen LogP contribution >= 0.6 is 11.6 Å². The van der Waals surface area contributed by atoms with Gasteiger partial charge in [0.1, 0.15) is 11.7 Å². The minimum atomic E-state index is -1.28. The number of carbonyl (C=O) groups excluding carboxylic acids is 4. The molecule has 2 heterocycles. The van der Waals surface area contributed by atoms with Crippen molar-refractivity contribution < 1.29 is 28.7 Å². The van der Waals surface area contributed by atoms with Crippen LogP contribution in [0.3, 0.4) is 0 Å². The topological polar surface area (TPSA) is 127 Å². The molecular formula is C24H27ClN4O6. The van der Waals surface area contributed by atoms with Gasteiger partial charge in [-0.05, 0) is 25.5 Å². The normalized spacial score (nSPS) is 14.1. The Hall–Kier alpha value is -3.50. The molecule has 1 aromatic heterocycles. The Morgan fingerprint density at radius 1 is 1.14 bits per heavy atom. The minimum Gasteiger partial charge on any atom is -0.466 e. The van der Waals surface area contributed by atoms with Gasteiger partial charge in [0.15, 0.2) is 0 Å². The van der Waals surface area contributed by atoms with Gasteiger partial charge in [-0.15, -0.1) is 0 Å². The maximum absolute atomic E-state index is 13.0. The van der Waals surface area contributed by atoms with Crippen LogP contribution in [0.5, 0.6) is 0 Å². The predicted octanol–water partition coefficient (Wildman–Crippen LogP) is 2.41. The molecular weight excluding hydrogens is 476 g/mol. The van der Waals surface area contributed by atoms with Crippen LogP contribution in [-0.4, -0.2) is 72.7 Å². The lowest BCUT2D eigenvalue weighted by atomic mass is 10.1. The fourth-order valence-electron chi connectivity index (χ4n) is 3.42. The maximum atomic E-state index is 13.0. The number of nitrogens with one attached hydrogen (secondary N) is 2. The number of halogens is 1. The number of esters is 2. The Balaban J connectivity index is 1.75. The van der Waals surface area contributed by atoms with E-state index in [-0.39, 0.29) is 30.2 Å². The van der Waals surface area contributed by atoms with E-state index in [0.717, 1.165) is 5.56 Å². The van der Waals surface area contributed by atoms with E-state index in [0.29, 0.717) is 31.9 Å². The van der Waals surface area contributed by atoms with Crippen molar-refractivity contribution in [2.75, 3.05) is 32.8 Å². The second kappa shape index (κ2) is 12.8. The van der Waals surface area contributed by atoms with Crippen molar-refractivity contribution >= 4 is 35.5 Å². The molecule has 0 aliphatic carbocycles. The van der Waals surface area contributed by atoms with Gasteiger partial charge < -0.3 is 25.0 Å². The number of piperazine rings is 1. The molecule has 0 spiro atoms. The van der Waals surface area contributed by atoms with Crippen molar-refractivity contribution in [2.45, 2.75) is 25.8 Å². The lowest BCUT2D eigenvalue weighted by Crippen LogP contribution is -2.49. The number of pyridine rings is 1. The van der Waals surface area contributed by atoms with Gasteiger partial charge in [-0.2, -0.15) is 0 Å². The van der Waals surface area contributed by atoms with E-state index < -0.39 is 30.0 Å². The Bertz CT molecular complexity index is 1060. The Morgan fingerprint density at radius 3 is 2.54 bits per heavy atom. The van der Waals surface area contributed by atoms with Gasteiger partial charge in [0, 0.05) is 43.2 Å². The summed E-state index contributed by atoms with van der Waals surface area (Å²) in [5, 5.41) is 5.90. The minimum absolute atomic E-state index is 0.0290. The Labute approximate surface area is 207 Å². The monoisotopic (exact) mass is 502 g/mol. The van der Waals surface area contributed by atoms with E-state index in [9.17, 15) is 19.2 Å². The average molecular weight is 503 g/mol. The molecule has 1 aliphatic rings. The van der Waals surface area contributed by atoms with Crippen molar-refractivity contribution in [3.05, 3.63) is 53.2 Å². The molecule has 1 aliphatic heterocycles. The molecule has 1 atom stereocenters. The summed E-state index contributed by atoms with van der Waals surface area (Å²) in [7, 11) is 0. The number of nitrogens with zero attached hydrogens (tertiary/aromatic N) is 2. The summed E-state index contributed by atoms with van der Waals surface area (Å²) >= 11 is 6.21. The van der Waals surface area contributed by atoms with Crippen LogP contribution < -0.4 is 10.6 Å². The molecule has 35 heavy (non-hydrogen) atoms. The fraction of sp³-hybridized carbons (Fsp3) is 0.375. The first kappa shape index (κ1) is 26.1. The lowest BCUT2D eigenvalue weighted by molar-refractivity contribution is -0.144. The first-order valence-electron chi connectivity index (χ1n) is 11.3. The number of benzene rings is 1. The third kappa shape index (κ3) is 7.76. The van der Waals surface area contributed by atoms with Crippen LogP contribution in [0.25, 0.3) is 11.3 Å². The van der Waals surface area contributed by atoms with Crippen molar-refractivity contribution in [2.24, 2.45) is 0 Å². The quantitative estimate of drug-likeness (QED) is 0.416. The van der Waals surface area contributed by atoms with Crippen LogP contribution in [0, 0.1) is 0 Å². The zero-order valence-corrected chi connectivity index (χ0v) is 20.0. The van der Waals surface area contributed by atoms with Crippen LogP contribution in [0.4, 0.5) is 4.79 Å². The summed E-state index contributed by atoms with van der Waals surface area (Å²) in [6, 6.07) is 10.9. The molecule has 1 fully saturated rings. The van der Waals surface area contributed by atoms with E-state index in [1.54, 1.807) is 13.0 Å². The highest BCUT2D eigenvalue weighted by atomic mass is 35.5. The van der Waals surface area contributed by atoms with Crippen molar-refractivity contribution in [1.29, 1.82) is 0 Å². The highest BCUT2D eigenvalue weighted by Crippen LogP contribution is 2.22. The summed E-state index contributed by atoms with van der Waals surface area (Å²) in [5.74, 6) is -2.22. The second-order valence-electron chi connectivity index (χ2n) is 7.72. The zero-order valence-electron chi connectivity index (χ0n) is 19.3. The number of hydrogen-bond donors (Lipinski definition) is 2. The van der Waals surface area contributed by atoms with Gasteiger partial charge in [0.2, 0.25) is 0 Å². The molecule has 0 saturated carbocycles. The number of carbonyl (C=O) groups is 4. The highest BCUT2D eigenvalue weighted by Gasteiger charge is 2.29. The first-order chi connectivity index (χ1) is 16.9. The van der Waals surface area contributed by atoms with Gasteiger partial charge >= 0.3 is 18.0 Å². The maximum Gasteiger partial charge on any atom is 0.417 e. The summed E-state index contributed by atoms with van der Waals surface area (Å²) in [6.07, 6.45) is -1.09. The van der Waals surface area contributed by atoms with Crippen molar-refractivity contribution in [1.82, 2.24) is 20.5 Å². The lowest BCUT2D eigenvalue weighted by Gasteiger charge is -2.26. The molecule has 1 saturated heterocycles. The van der Waals surface area contributed by atoms with E-state index in [4.69, 9.17) is 21.1 Å². The number of rotatable bonds is 8. The number of ether oxygens (including phenoxy) is 2. The SMILES string of the molecule is CCOC(=O)CCC(NC(=O)c1cc(Cl)cc(-c2ccccc2)n1)C(=O)OC(=O)N1CCNCC1. The summed E-state index contributed by atoms with van der Waals surface area (Å²) in [6.45, 7) is 3.78. The van der Waals surface area contributed by atoms with E-state index in [2.05, 4.69) is 15.6 Å². The van der Waals surface area contributed by atoms with Crippen LogP contribution in [-0.2, 0) is 19.1 Å². The number of hydrogen-bond acceptors (Lipinski definition) is 8. The third-order valence-corrected chi connectivity index (χ3v) is 5.41. The molecule has 11 heteroatoms. The largest absolute Gasteiger partial charge is 0.466 e. The van der Waals surface area contributed by atoms with Gasteiger partial charge in [-0.1, -0.05) is 41.9 Å². The summed E-state index contributed by atoms with van der Waals surface area (Å²) in [4.78, 5) is 55.7. The van der Waals surface area contributed by atoms with E-state index in [1.165, 1.54) is 11.0 Å². The smallest absolute Gasteiger partial charge is 0.417 e. The molecule has 2 amide bonds. The van der Waals surface area contributed by atoms with Gasteiger partial charge in [0.25, 0.3) is 5.91 Å². The first-order valence-corrected chi connectivity index (χ1v) is 11.7. The van der Waals surface area contributed by atoms with Gasteiger partial charge in [-0.3, -0.25) is 9.59 Å². The third-order valence-electron chi connectivity index (χ3n) is 5.19. The van der Waals surface area contributed by atoms with Crippen LogP contribution in [0.1, 0.15) is 30.3 Å². The zero-order chi connectivity index (χ0) is 25.2. The van der Waals surface area contributed by atoms with E-state index >= 15 is 0 Å². The molecule has 2 aromatic rings. The molecule has 186 valence electrons. The highest BCUT2D eigenvalue weighted by molar-refractivity contribution is 6.31. The van der Waals surface area contributed by atoms with Crippen molar-refractivity contribution in [3.63, 3.8) is 0 Å². The van der Waals surface area contributed by atoms with Crippen LogP contribution in [0.15, 0.2) is 42.5 Å². The molecule has 0 bridgehead atoms. The van der Waals surface area contributed by atoms with Gasteiger partial charge in [-0.25, -0.2) is 14.6 Å². The number of amides is 2. The predicted molar refractivity (Wildman–Crippen MR) is 128 cm³/mol. The average Bonchev–Trinajstić information content (AvgIpc) is 2.87. The summed E-state index contributed by atoms with van der Waals surface area (Å²) < 4.78 is 9.91. The molecule has 1 unspecified atom stereocenters. The summed E-state index contributed by atoms with van der Waals surface area (Å²) in [5.41, 5.74) is 1.20. The molecule has 3 rings (SSSR count). The fourth-order valence-corrected chi connectivity index (χ4v) is 3.62. The standard InChI is InChI=1S/C24H27ClN4O6/c1-2-34-21(30)9-8-18(23(32)35-24(33)29-12-10-26-11-13-29)28-22(31)20-15-17(25)14-19(27-20)16-6-4-3-5-7-16/h3-7,14-15,18,26H,2,8-13H2,1H3,(H,28,31). The van der Waals surface area contributed by atoms with Gasteiger partial charge in [0.05, 0.1) is 12.3 Å². The Kier molecular flexibility index (Phi) is 9.56. The van der Waals surface area contributed by atoms with Crippen molar-refractivity contribution in [3.8, 4) is 11.3 Å². The molecule has 10 nitrogen and oxygen atoms in total.